The number of ether oxygens (including phenoxy) is 1. The molecule has 0 radical (unpaired) electrons. The van der Waals surface area contributed by atoms with Crippen LogP contribution in [-0.4, -0.2) is 32.8 Å². The average molecular weight is 355 g/mol. The molecule has 2 aromatic rings. The minimum Gasteiger partial charge on any atom is -0.503 e. The summed E-state index contributed by atoms with van der Waals surface area (Å²) in [5, 5.41) is 21.4. The number of halogens is 1. The Bertz CT molecular complexity index is 754. The minimum absolute atomic E-state index is 0.0748. The van der Waals surface area contributed by atoms with Crippen molar-refractivity contribution in [2.45, 2.75) is 33.1 Å². The molecule has 6 nitrogen and oxygen atoms in total. The summed E-state index contributed by atoms with van der Waals surface area (Å²) in [5.74, 6) is 1.03. The van der Waals surface area contributed by atoms with Crippen LogP contribution < -0.4 is 4.74 Å². The van der Waals surface area contributed by atoms with E-state index in [-0.39, 0.29) is 10.8 Å². The van der Waals surface area contributed by atoms with Crippen LogP contribution >= 0.6 is 23.8 Å². The van der Waals surface area contributed by atoms with Crippen LogP contribution in [0.15, 0.2) is 17.2 Å². The summed E-state index contributed by atoms with van der Waals surface area (Å²) in [7, 11) is 0. The molecule has 0 unspecified atom stereocenters. The van der Waals surface area contributed by atoms with Crippen molar-refractivity contribution in [2.24, 2.45) is 5.10 Å². The van der Waals surface area contributed by atoms with Gasteiger partial charge in [0, 0.05) is 6.42 Å². The summed E-state index contributed by atoms with van der Waals surface area (Å²) >= 11 is 11.2. The highest BCUT2D eigenvalue weighted by molar-refractivity contribution is 7.71. The first kappa shape index (κ1) is 17.5. The van der Waals surface area contributed by atoms with Crippen molar-refractivity contribution >= 4 is 30.0 Å². The SMILES string of the molecule is CCCCc1n[nH]c(=S)n1/N=C\c1cc(Cl)c(O)c(OCC)c1. The van der Waals surface area contributed by atoms with E-state index >= 15 is 0 Å². The number of nitrogens with zero attached hydrogens (tertiary/aromatic N) is 3. The number of rotatable bonds is 7. The smallest absolute Gasteiger partial charge is 0.216 e. The third-order valence-electron chi connectivity index (χ3n) is 3.14. The zero-order chi connectivity index (χ0) is 16.8. The Labute approximate surface area is 144 Å². The van der Waals surface area contributed by atoms with Crippen molar-refractivity contribution in [1.29, 1.82) is 0 Å². The zero-order valence-electron chi connectivity index (χ0n) is 13.0. The number of phenolic OH excluding ortho intramolecular Hbond substituents is 1. The molecule has 0 spiro atoms. The number of hydrogen-bond acceptors (Lipinski definition) is 5. The van der Waals surface area contributed by atoms with Crippen LogP contribution in [0.1, 0.15) is 38.1 Å². The van der Waals surface area contributed by atoms with E-state index in [1.54, 1.807) is 23.0 Å². The Hall–Kier alpha value is -1.86. The molecule has 0 fully saturated rings. The van der Waals surface area contributed by atoms with Crippen LogP contribution in [0.3, 0.4) is 0 Å². The number of aromatic amines is 1. The number of aromatic nitrogens is 3. The topological polar surface area (TPSA) is 75.4 Å². The predicted molar refractivity (Wildman–Crippen MR) is 93.3 cm³/mol. The Morgan fingerprint density at radius 1 is 1.48 bits per heavy atom. The van der Waals surface area contributed by atoms with E-state index in [2.05, 4.69) is 22.2 Å². The van der Waals surface area contributed by atoms with Crippen molar-refractivity contribution < 1.29 is 9.84 Å². The Morgan fingerprint density at radius 2 is 2.26 bits per heavy atom. The van der Waals surface area contributed by atoms with Crippen LogP contribution in [0, 0.1) is 4.77 Å². The fraction of sp³-hybridized carbons (Fsp3) is 0.400. The van der Waals surface area contributed by atoms with Gasteiger partial charge in [0.25, 0.3) is 0 Å². The number of phenols is 1. The molecule has 0 saturated carbocycles. The standard InChI is InChI=1S/C15H19ClN4O2S/c1-3-5-6-13-18-19-15(23)20(13)17-9-10-7-11(16)14(21)12(8-10)22-4-2/h7-9,21H,3-6H2,1-2H3,(H,19,23)/b17-9-. The molecular formula is C15H19ClN4O2S. The number of aryl methyl sites for hydroxylation is 1. The summed E-state index contributed by atoms with van der Waals surface area (Å²) in [5.41, 5.74) is 0.695. The van der Waals surface area contributed by atoms with E-state index in [9.17, 15) is 5.11 Å². The molecule has 1 aromatic heterocycles. The monoisotopic (exact) mass is 354 g/mol. The second-order valence-electron chi connectivity index (χ2n) is 4.89. The number of unbranched alkanes of at least 4 members (excludes halogenated alkanes) is 1. The van der Waals surface area contributed by atoms with Crippen LogP contribution in [0.25, 0.3) is 0 Å². The maximum atomic E-state index is 9.85. The number of H-pyrrole nitrogens is 1. The quantitative estimate of drug-likeness (QED) is 0.583. The highest BCUT2D eigenvalue weighted by atomic mass is 35.5. The second-order valence-corrected chi connectivity index (χ2v) is 5.68. The number of benzene rings is 1. The van der Waals surface area contributed by atoms with Crippen molar-refractivity contribution in [3.8, 4) is 11.5 Å². The van der Waals surface area contributed by atoms with Crippen LogP contribution in [0.4, 0.5) is 0 Å². The van der Waals surface area contributed by atoms with Gasteiger partial charge in [-0.05, 0) is 43.3 Å². The van der Waals surface area contributed by atoms with E-state index in [1.807, 2.05) is 6.92 Å². The van der Waals surface area contributed by atoms with Crippen molar-refractivity contribution in [2.75, 3.05) is 6.61 Å². The first-order valence-corrected chi connectivity index (χ1v) is 8.21. The summed E-state index contributed by atoms with van der Waals surface area (Å²) < 4.78 is 7.38. The molecule has 0 atom stereocenters. The first-order valence-electron chi connectivity index (χ1n) is 7.42. The van der Waals surface area contributed by atoms with Gasteiger partial charge in [-0.25, -0.2) is 0 Å². The molecule has 0 aliphatic heterocycles. The van der Waals surface area contributed by atoms with E-state index < -0.39 is 0 Å². The molecule has 0 amide bonds. The minimum atomic E-state index is -0.0748. The molecule has 2 N–H and O–H groups in total. The van der Waals surface area contributed by atoms with E-state index in [0.717, 1.165) is 25.1 Å². The van der Waals surface area contributed by atoms with Gasteiger partial charge >= 0.3 is 0 Å². The highest BCUT2D eigenvalue weighted by Crippen LogP contribution is 2.34. The molecule has 23 heavy (non-hydrogen) atoms. The average Bonchev–Trinajstić information content (AvgIpc) is 2.88. The lowest BCUT2D eigenvalue weighted by Gasteiger charge is -2.08. The molecule has 0 aliphatic carbocycles. The van der Waals surface area contributed by atoms with Crippen LogP contribution in [-0.2, 0) is 6.42 Å². The molecule has 0 saturated heterocycles. The summed E-state index contributed by atoms with van der Waals surface area (Å²) in [6, 6.07) is 3.28. The van der Waals surface area contributed by atoms with Crippen LogP contribution in [0.2, 0.25) is 5.02 Å². The molecule has 0 bridgehead atoms. The molecule has 2 rings (SSSR count). The summed E-state index contributed by atoms with van der Waals surface area (Å²) in [6.07, 6.45) is 4.47. The highest BCUT2D eigenvalue weighted by Gasteiger charge is 2.09. The summed E-state index contributed by atoms with van der Waals surface area (Å²) in [4.78, 5) is 0. The third kappa shape index (κ3) is 4.33. The fourth-order valence-electron chi connectivity index (χ4n) is 2.00. The van der Waals surface area contributed by atoms with Gasteiger partial charge in [0.2, 0.25) is 4.77 Å². The first-order chi connectivity index (χ1) is 11.1. The van der Waals surface area contributed by atoms with Gasteiger partial charge in [-0.1, -0.05) is 24.9 Å². The Morgan fingerprint density at radius 3 is 2.96 bits per heavy atom. The van der Waals surface area contributed by atoms with Gasteiger partial charge in [0.15, 0.2) is 17.3 Å². The molecule has 8 heteroatoms. The Balaban J connectivity index is 2.30. The molecule has 124 valence electrons. The lowest BCUT2D eigenvalue weighted by atomic mass is 10.2. The van der Waals surface area contributed by atoms with Gasteiger partial charge < -0.3 is 9.84 Å². The second kappa shape index (κ2) is 8.12. The number of aromatic hydroxyl groups is 1. The maximum absolute atomic E-state index is 9.85. The van der Waals surface area contributed by atoms with Gasteiger partial charge in [-0.15, -0.1) is 0 Å². The third-order valence-corrected chi connectivity index (χ3v) is 3.70. The molecule has 1 aromatic carbocycles. The largest absolute Gasteiger partial charge is 0.503 e. The maximum Gasteiger partial charge on any atom is 0.216 e. The van der Waals surface area contributed by atoms with E-state index in [4.69, 9.17) is 28.6 Å². The predicted octanol–water partition coefficient (Wildman–Crippen LogP) is 3.92. The lowest BCUT2D eigenvalue weighted by molar-refractivity contribution is 0.318. The Kier molecular flexibility index (Phi) is 6.18. The molecule has 0 aliphatic rings. The zero-order valence-corrected chi connectivity index (χ0v) is 14.6. The van der Waals surface area contributed by atoms with E-state index in [0.29, 0.717) is 22.7 Å². The van der Waals surface area contributed by atoms with Gasteiger partial charge in [-0.3, -0.25) is 5.10 Å². The van der Waals surface area contributed by atoms with Crippen molar-refractivity contribution in [3.63, 3.8) is 0 Å². The van der Waals surface area contributed by atoms with Gasteiger partial charge in [0.1, 0.15) is 0 Å². The van der Waals surface area contributed by atoms with Gasteiger partial charge in [-0.2, -0.15) is 14.9 Å². The molecular weight excluding hydrogens is 336 g/mol. The summed E-state index contributed by atoms with van der Waals surface area (Å²) in [6.45, 7) is 4.37. The van der Waals surface area contributed by atoms with Crippen LogP contribution in [0.5, 0.6) is 11.5 Å². The van der Waals surface area contributed by atoms with Crippen molar-refractivity contribution in [1.82, 2.24) is 14.9 Å². The number of hydrogen-bond donors (Lipinski definition) is 2. The normalized spacial score (nSPS) is 11.3. The molecule has 1 heterocycles. The lowest BCUT2D eigenvalue weighted by Crippen LogP contribution is -1.99. The van der Waals surface area contributed by atoms with Gasteiger partial charge in [0.05, 0.1) is 17.8 Å². The number of nitrogens with one attached hydrogen (secondary N) is 1. The fourth-order valence-corrected chi connectivity index (χ4v) is 2.42. The van der Waals surface area contributed by atoms with E-state index in [1.165, 1.54) is 0 Å². The van der Waals surface area contributed by atoms with Crippen molar-refractivity contribution in [3.05, 3.63) is 33.3 Å².